The Bertz CT molecular complexity index is 888. The van der Waals surface area contributed by atoms with Crippen LogP contribution in [-0.4, -0.2) is 18.3 Å². The zero-order chi connectivity index (χ0) is 20.5. The van der Waals surface area contributed by atoms with Crippen LogP contribution in [-0.2, 0) is 11.2 Å². The van der Waals surface area contributed by atoms with Gasteiger partial charge in [0.1, 0.15) is 11.5 Å². The molecular weight excluding hydrogens is 350 g/mol. The van der Waals surface area contributed by atoms with E-state index < -0.39 is 5.91 Å². The number of rotatable bonds is 8. The van der Waals surface area contributed by atoms with E-state index in [1.807, 2.05) is 31.2 Å². The molecule has 4 nitrogen and oxygen atoms in total. The van der Waals surface area contributed by atoms with Crippen molar-refractivity contribution in [1.82, 2.24) is 0 Å². The summed E-state index contributed by atoms with van der Waals surface area (Å²) in [5, 5.41) is 0. The summed E-state index contributed by atoms with van der Waals surface area (Å²) >= 11 is 0. The number of Topliss-reactive ketones (excluding diaryl/α,β-unsaturated/α-hetero) is 1. The third kappa shape index (κ3) is 6.59. The van der Waals surface area contributed by atoms with E-state index in [4.69, 9.17) is 10.5 Å². The molecule has 0 aliphatic carbocycles. The van der Waals surface area contributed by atoms with Gasteiger partial charge in [0.2, 0.25) is 5.91 Å². The van der Waals surface area contributed by atoms with Gasteiger partial charge in [-0.15, -0.1) is 0 Å². The van der Waals surface area contributed by atoms with E-state index in [0.29, 0.717) is 35.8 Å². The zero-order valence-corrected chi connectivity index (χ0v) is 16.7. The van der Waals surface area contributed by atoms with Crippen LogP contribution >= 0.6 is 0 Å². The standard InChI is InChI=1S/C24H27NO3/c1-4-13-28-22-12-11-21(23(16-22)24(25)27)10-9-19-5-7-20(8-6-19)15-17(2)14-18(3)26/h5-8,11-12,16-17H,4,13-15H2,1-3H3,(H2,25,27). The minimum Gasteiger partial charge on any atom is -0.494 e. The van der Waals surface area contributed by atoms with Crippen LogP contribution in [0.25, 0.3) is 0 Å². The Hall–Kier alpha value is -3.06. The molecule has 2 aromatic rings. The first-order valence-corrected chi connectivity index (χ1v) is 9.56. The summed E-state index contributed by atoms with van der Waals surface area (Å²) in [6.07, 6.45) is 2.34. The van der Waals surface area contributed by atoms with Gasteiger partial charge in [-0.3, -0.25) is 4.79 Å². The molecule has 4 heteroatoms. The fraction of sp³-hybridized carbons (Fsp3) is 0.333. The van der Waals surface area contributed by atoms with Gasteiger partial charge in [0.25, 0.3) is 0 Å². The van der Waals surface area contributed by atoms with Crippen molar-refractivity contribution in [3.63, 3.8) is 0 Å². The monoisotopic (exact) mass is 377 g/mol. The van der Waals surface area contributed by atoms with Gasteiger partial charge in [0, 0.05) is 17.5 Å². The predicted molar refractivity (Wildman–Crippen MR) is 111 cm³/mol. The lowest BCUT2D eigenvalue weighted by molar-refractivity contribution is -0.117. The van der Waals surface area contributed by atoms with E-state index in [-0.39, 0.29) is 5.78 Å². The van der Waals surface area contributed by atoms with Crippen LogP contribution in [0.1, 0.15) is 60.7 Å². The predicted octanol–water partition coefficient (Wildman–Crippen LogP) is 4.13. The molecule has 146 valence electrons. The molecule has 2 N–H and O–H groups in total. The third-order valence-corrected chi connectivity index (χ3v) is 4.24. The third-order valence-electron chi connectivity index (χ3n) is 4.24. The second-order valence-corrected chi connectivity index (χ2v) is 7.08. The van der Waals surface area contributed by atoms with Gasteiger partial charge in [0.05, 0.1) is 12.2 Å². The second-order valence-electron chi connectivity index (χ2n) is 7.08. The van der Waals surface area contributed by atoms with Crippen molar-refractivity contribution in [2.45, 2.75) is 40.0 Å². The minimum atomic E-state index is -0.527. The zero-order valence-electron chi connectivity index (χ0n) is 16.7. The van der Waals surface area contributed by atoms with E-state index in [9.17, 15) is 9.59 Å². The van der Waals surface area contributed by atoms with Crippen LogP contribution in [0.15, 0.2) is 42.5 Å². The molecule has 28 heavy (non-hydrogen) atoms. The maximum Gasteiger partial charge on any atom is 0.250 e. The van der Waals surface area contributed by atoms with Crippen LogP contribution in [0, 0.1) is 17.8 Å². The van der Waals surface area contributed by atoms with E-state index in [1.54, 1.807) is 25.1 Å². The molecule has 0 aliphatic heterocycles. The van der Waals surface area contributed by atoms with Gasteiger partial charge >= 0.3 is 0 Å². The quantitative estimate of drug-likeness (QED) is 0.703. The Morgan fingerprint density at radius 3 is 2.43 bits per heavy atom. The summed E-state index contributed by atoms with van der Waals surface area (Å²) in [5.74, 6) is 6.73. The molecule has 2 aromatic carbocycles. The molecule has 0 heterocycles. The van der Waals surface area contributed by atoms with Gasteiger partial charge in [-0.05, 0) is 61.6 Å². The molecule has 0 bridgehead atoms. The summed E-state index contributed by atoms with van der Waals surface area (Å²) in [6.45, 7) is 6.30. The fourth-order valence-electron chi connectivity index (χ4n) is 2.97. The maximum absolute atomic E-state index is 11.8. The maximum atomic E-state index is 11.8. The highest BCUT2D eigenvalue weighted by atomic mass is 16.5. The molecule has 0 saturated carbocycles. The number of ketones is 1. The summed E-state index contributed by atoms with van der Waals surface area (Å²) < 4.78 is 5.56. The van der Waals surface area contributed by atoms with E-state index >= 15 is 0 Å². The average molecular weight is 377 g/mol. The van der Waals surface area contributed by atoms with Gasteiger partial charge in [0.15, 0.2) is 0 Å². The molecule has 1 amide bonds. The number of primary amides is 1. The molecule has 2 rings (SSSR count). The normalized spacial score (nSPS) is 11.2. The molecule has 1 atom stereocenters. The first kappa shape index (κ1) is 21.2. The summed E-state index contributed by atoms with van der Waals surface area (Å²) in [6, 6.07) is 13.1. The Morgan fingerprint density at radius 1 is 1.11 bits per heavy atom. The number of carbonyl (C=O) groups is 2. The van der Waals surface area contributed by atoms with Crippen LogP contribution in [0.4, 0.5) is 0 Å². The van der Waals surface area contributed by atoms with Crippen molar-refractivity contribution < 1.29 is 14.3 Å². The molecule has 0 radical (unpaired) electrons. The molecule has 1 unspecified atom stereocenters. The van der Waals surface area contributed by atoms with Crippen LogP contribution in [0.3, 0.4) is 0 Å². The lowest BCUT2D eigenvalue weighted by Gasteiger charge is -2.09. The molecule has 0 spiro atoms. The number of hydrogen-bond acceptors (Lipinski definition) is 3. The SMILES string of the molecule is CCCOc1ccc(C#Cc2ccc(CC(C)CC(C)=O)cc2)c(C(N)=O)c1. The average Bonchev–Trinajstić information content (AvgIpc) is 2.65. The Kier molecular flexibility index (Phi) is 7.83. The number of nitrogens with two attached hydrogens (primary N) is 1. The van der Waals surface area contributed by atoms with Crippen molar-refractivity contribution in [1.29, 1.82) is 0 Å². The van der Waals surface area contributed by atoms with Crippen molar-refractivity contribution in [3.8, 4) is 17.6 Å². The fourth-order valence-corrected chi connectivity index (χ4v) is 2.97. The lowest BCUT2D eigenvalue weighted by Crippen LogP contribution is -2.13. The van der Waals surface area contributed by atoms with Crippen molar-refractivity contribution >= 4 is 11.7 Å². The van der Waals surface area contributed by atoms with Crippen LogP contribution in [0.2, 0.25) is 0 Å². The topological polar surface area (TPSA) is 69.4 Å². The highest BCUT2D eigenvalue weighted by Crippen LogP contribution is 2.18. The number of benzene rings is 2. The summed E-state index contributed by atoms with van der Waals surface area (Å²) in [5.41, 5.74) is 8.46. The summed E-state index contributed by atoms with van der Waals surface area (Å²) in [4.78, 5) is 23.0. The smallest absolute Gasteiger partial charge is 0.250 e. The minimum absolute atomic E-state index is 0.214. The van der Waals surface area contributed by atoms with Crippen LogP contribution < -0.4 is 10.5 Å². The van der Waals surface area contributed by atoms with E-state index in [2.05, 4.69) is 18.8 Å². The molecular formula is C24H27NO3. The van der Waals surface area contributed by atoms with E-state index in [0.717, 1.165) is 18.4 Å². The van der Waals surface area contributed by atoms with Crippen molar-refractivity contribution in [2.75, 3.05) is 6.61 Å². The number of carbonyl (C=O) groups excluding carboxylic acids is 2. The highest BCUT2D eigenvalue weighted by molar-refractivity contribution is 5.96. The molecule has 0 aliphatic rings. The van der Waals surface area contributed by atoms with Gasteiger partial charge < -0.3 is 15.3 Å². The number of amides is 1. The Balaban J connectivity index is 2.14. The Morgan fingerprint density at radius 2 is 1.82 bits per heavy atom. The molecule has 0 fully saturated rings. The number of hydrogen-bond donors (Lipinski definition) is 1. The molecule has 0 aromatic heterocycles. The van der Waals surface area contributed by atoms with Gasteiger partial charge in [-0.2, -0.15) is 0 Å². The van der Waals surface area contributed by atoms with Gasteiger partial charge in [-0.25, -0.2) is 0 Å². The highest BCUT2D eigenvalue weighted by Gasteiger charge is 2.09. The van der Waals surface area contributed by atoms with Crippen LogP contribution in [0.5, 0.6) is 5.75 Å². The van der Waals surface area contributed by atoms with Crippen molar-refractivity contribution in [3.05, 3.63) is 64.7 Å². The summed E-state index contributed by atoms with van der Waals surface area (Å²) in [7, 11) is 0. The second kappa shape index (κ2) is 10.3. The molecule has 0 saturated heterocycles. The van der Waals surface area contributed by atoms with Crippen molar-refractivity contribution in [2.24, 2.45) is 11.7 Å². The first-order valence-electron chi connectivity index (χ1n) is 9.56. The van der Waals surface area contributed by atoms with E-state index in [1.165, 1.54) is 5.56 Å². The Labute approximate surface area is 167 Å². The first-order chi connectivity index (χ1) is 13.4. The largest absolute Gasteiger partial charge is 0.494 e. The lowest BCUT2D eigenvalue weighted by atomic mass is 9.96. The number of ether oxygens (including phenoxy) is 1. The van der Waals surface area contributed by atoms with Gasteiger partial charge in [-0.1, -0.05) is 37.8 Å².